The van der Waals surface area contributed by atoms with Crippen LogP contribution in [0.2, 0.25) is 5.15 Å². The Morgan fingerprint density at radius 1 is 1.48 bits per heavy atom. The third-order valence-corrected chi connectivity index (χ3v) is 4.90. The van der Waals surface area contributed by atoms with E-state index < -0.39 is 15.7 Å². The van der Waals surface area contributed by atoms with Gasteiger partial charge in [-0.05, 0) is 19.1 Å². The van der Waals surface area contributed by atoms with Crippen molar-refractivity contribution in [1.29, 1.82) is 0 Å². The van der Waals surface area contributed by atoms with E-state index in [1.807, 2.05) is 6.07 Å². The van der Waals surface area contributed by atoms with Gasteiger partial charge in [-0.15, -0.1) is 0 Å². The molecule has 0 spiro atoms. The molecule has 0 radical (unpaired) electrons. The predicted molar refractivity (Wildman–Crippen MR) is 92.4 cm³/mol. The van der Waals surface area contributed by atoms with Crippen molar-refractivity contribution >= 4 is 43.7 Å². The second-order valence-electron chi connectivity index (χ2n) is 4.57. The number of pyridine rings is 1. The van der Waals surface area contributed by atoms with Gasteiger partial charge in [0.15, 0.2) is 15.0 Å². The molecule has 6 nitrogen and oxygen atoms in total. The maximum atomic E-state index is 12.2. The number of halogens is 1. The minimum atomic E-state index is -3.37. The average Bonchev–Trinajstić information content (AvgIpc) is 2.88. The van der Waals surface area contributed by atoms with E-state index in [2.05, 4.69) is 9.97 Å². The second-order valence-corrected chi connectivity index (χ2v) is 7.84. The lowest BCUT2D eigenvalue weighted by atomic mass is 10.3. The smallest absolute Gasteiger partial charge is 0.252 e. The van der Waals surface area contributed by atoms with Crippen LogP contribution in [-0.2, 0) is 14.6 Å². The Balaban J connectivity index is 2.34. The number of rotatable bonds is 5. The lowest BCUT2D eigenvalue weighted by Gasteiger charge is -2.16. The molecule has 2 aromatic rings. The summed E-state index contributed by atoms with van der Waals surface area (Å²) in [5, 5.41) is 2.17. The Kier molecular flexibility index (Phi) is 5.51. The molecule has 0 aromatic carbocycles. The van der Waals surface area contributed by atoms with Crippen LogP contribution < -0.4 is 4.90 Å². The van der Waals surface area contributed by atoms with Crippen molar-refractivity contribution in [3.8, 4) is 10.6 Å². The fraction of sp³-hybridized carbons (Fsp3) is 0.214. The van der Waals surface area contributed by atoms with Crippen molar-refractivity contribution in [2.75, 3.05) is 17.7 Å². The number of nitrogens with zero attached hydrogens (tertiary/aromatic N) is 3. The van der Waals surface area contributed by atoms with Gasteiger partial charge in [-0.25, -0.2) is 13.4 Å². The summed E-state index contributed by atoms with van der Waals surface area (Å²) in [5.74, 6) is -0.471. The van der Waals surface area contributed by atoms with Gasteiger partial charge in [0.2, 0.25) is 0 Å². The molecule has 0 aliphatic rings. The molecule has 23 heavy (non-hydrogen) atoms. The maximum absolute atomic E-state index is 12.2. The molecule has 0 N–H and O–H groups in total. The second kappa shape index (κ2) is 7.20. The first-order valence-electron chi connectivity index (χ1n) is 6.58. The van der Waals surface area contributed by atoms with E-state index in [1.165, 1.54) is 16.2 Å². The molecule has 122 valence electrons. The summed E-state index contributed by atoms with van der Waals surface area (Å²) in [7, 11) is -3.37. The Labute approximate surface area is 143 Å². The average molecular weight is 372 g/mol. The van der Waals surface area contributed by atoms with Gasteiger partial charge in [-0.1, -0.05) is 22.9 Å². The summed E-state index contributed by atoms with van der Waals surface area (Å²) in [4.78, 5) is 21.8. The predicted octanol–water partition coefficient (Wildman–Crippen LogP) is 2.77. The number of amides is 1. The summed E-state index contributed by atoms with van der Waals surface area (Å²) in [6, 6.07) is 3.62. The number of hydrogen-bond acceptors (Lipinski definition) is 6. The van der Waals surface area contributed by atoms with Crippen LogP contribution in [0, 0.1) is 0 Å². The zero-order valence-corrected chi connectivity index (χ0v) is 14.8. The minimum absolute atomic E-state index is 0.191. The fourth-order valence-corrected chi connectivity index (χ4v) is 3.48. The van der Waals surface area contributed by atoms with Crippen LogP contribution in [0.25, 0.3) is 10.6 Å². The highest BCUT2D eigenvalue weighted by Gasteiger charge is 2.20. The minimum Gasteiger partial charge on any atom is -0.298 e. The normalized spacial score (nSPS) is 11.8. The molecule has 0 atom stereocenters. The third kappa shape index (κ3) is 4.60. The number of carbonyl (C=O) groups is 1. The first-order chi connectivity index (χ1) is 10.8. The standard InChI is InChI=1S/C14H14ClN3O3S2/c1-3-18(11(19)6-8-23(2,20)21)14-12(15)17-13(22-14)10-5-4-7-16-9-10/h4-9H,3H2,1-2H3. The lowest BCUT2D eigenvalue weighted by Crippen LogP contribution is -2.28. The zero-order valence-electron chi connectivity index (χ0n) is 12.4. The number of sulfone groups is 1. The van der Waals surface area contributed by atoms with Crippen molar-refractivity contribution in [2.45, 2.75) is 6.92 Å². The number of thiazole rings is 1. The van der Waals surface area contributed by atoms with E-state index in [4.69, 9.17) is 11.6 Å². The molecule has 0 aliphatic heterocycles. The van der Waals surface area contributed by atoms with Crippen LogP contribution in [0.5, 0.6) is 0 Å². The zero-order chi connectivity index (χ0) is 17.0. The Morgan fingerprint density at radius 2 is 2.22 bits per heavy atom. The number of carbonyl (C=O) groups excluding carboxylic acids is 1. The molecule has 9 heteroatoms. The molecular formula is C14H14ClN3O3S2. The molecule has 0 unspecified atom stereocenters. The van der Waals surface area contributed by atoms with Crippen molar-refractivity contribution < 1.29 is 13.2 Å². The van der Waals surface area contributed by atoms with Crippen LogP contribution in [0.3, 0.4) is 0 Å². The quantitative estimate of drug-likeness (QED) is 0.755. The summed E-state index contributed by atoms with van der Waals surface area (Å²) in [5.41, 5.74) is 0.792. The Hall–Kier alpha value is -1.77. The number of aromatic nitrogens is 2. The molecule has 0 fully saturated rings. The summed E-state index contributed by atoms with van der Waals surface area (Å²) in [6.07, 6.45) is 5.34. The molecular weight excluding hydrogens is 358 g/mol. The van der Waals surface area contributed by atoms with Crippen molar-refractivity contribution in [3.05, 3.63) is 41.2 Å². The first kappa shape index (κ1) is 17.6. The van der Waals surface area contributed by atoms with Gasteiger partial charge in [0.25, 0.3) is 5.91 Å². The van der Waals surface area contributed by atoms with E-state index in [9.17, 15) is 13.2 Å². The van der Waals surface area contributed by atoms with Crippen LogP contribution in [0.1, 0.15) is 6.92 Å². The SMILES string of the molecule is CCN(C(=O)C=CS(C)(=O)=O)c1sc(-c2cccnc2)nc1Cl. The van der Waals surface area contributed by atoms with Gasteiger partial charge in [0, 0.05) is 42.2 Å². The fourth-order valence-electron chi connectivity index (χ4n) is 1.74. The highest BCUT2D eigenvalue weighted by molar-refractivity contribution is 7.93. The van der Waals surface area contributed by atoms with E-state index in [0.29, 0.717) is 16.6 Å². The lowest BCUT2D eigenvalue weighted by molar-refractivity contribution is -0.114. The van der Waals surface area contributed by atoms with Crippen molar-refractivity contribution in [1.82, 2.24) is 9.97 Å². The van der Waals surface area contributed by atoms with Crippen molar-refractivity contribution in [2.24, 2.45) is 0 Å². The molecule has 0 saturated heterocycles. The summed E-state index contributed by atoms with van der Waals surface area (Å²) >= 11 is 7.39. The van der Waals surface area contributed by atoms with Gasteiger partial charge < -0.3 is 0 Å². The van der Waals surface area contributed by atoms with Gasteiger partial charge in [-0.2, -0.15) is 0 Å². The van der Waals surface area contributed by atoms with Crippen LogP contribution in [0.4, 0.5) is 5.00 Å². The number of anilines is 1. The molecule has 2 rings (SSSR count). The Morgan fingerprint density at radius 3 is 2.78 bits per heavy atom. The van der Waals surface area contributed by atoms with Gasteiger partial charge in [-0.3, -0.25) is 14.7 Å². The highest BCUT2D eigenvalue weighted by Crippen LogP contribution is 2.37. The topological polar surface area (TPSA) is 80.2 Å². The van der Waals surface area contributed by atoms with E-state index >= 15 is 0 Å². The molecule has 0 aliphatic carbocycles. The highest BCUT2D eigenvalue weighted by atomic mass is 35.5. The molecule has 1 amide bonds. The number of likely N-dealkylation sites (N-methyl/N-ethyl adjacent to an activating group) is 1. The maximum Gasteiger partial charge on any atom is 0.252 e. The molecule has 0 bridgehead atoms. The largest absolute Gasteiger partial charge is 0.298 e. The van der Waals surface area contributed by atoms with Gasteiger partial charge in [0.1, 0.15) is 10.0 Å². The Bertz CT molecular complexity index is 832. The van der Waals surface area contributed by atoms with Gasteiger partial charge in [0.05, 0.1) is 0 Å². The van der Waals surface area contributed by atoms with E-state index in [-0.39, 0.29) is 5.15 Å². The summed E-state index contributed by atoms with van der Waals surface area (Å²) < 4.78 is 22.3. The van der Waals surface area contributed by atoms with Crippen LogP contribution >= 0.6 is 22.9 Å². The van der Waals surface area contributed by atoms with Crippen LogP contribution in [0.15, 0.2) is 36.0 Å². The molecule has 2 aromatic heterocycles. The number of hydrogen-bond donors (Lipinski definition) is 0. The van der Waals surface area contributed by atoms with E-state index in [1.54, 1.807) is 25.4 Å². The van der Waals surface area contributed by atoms with Gasteiger partial charge >= 0.3 is 0 Å². The van der Waals surface area contributed by atoms with Crippen LogP contribution in [-0.4, -0.2) is 37.1 Å². The van der Waals surface area contributed by atoms with E-state index in [0.717, 1.165) is 23.3 Å². The molecule has 2 heterocycles. The monoisotopic (exact) mass is 371 g/mol. The summed E-state index contributed by atoms with van der Waals surface area (Å²) in [6.45, 7) is 2.10. The first-order valence-corrected chi connectivity index (χ1v) is 9.73. The third-order valence-electron chi connectivity index (χ3n) is 2.76. The molecule has 0 saturated carbocycles. The van der Waals surface area contributed by atoms with Crippen molar-refractivity contribution in [3.63, 3.8) is 0 Å².